The molecule has 0 aromatic heterocycles. The molecule has 0 saturated carbocycles. The number of rotatable bonds is 9. The van der Waals surface area contributed by atoms with Gasteiger partial charge in [0, 0.05) is 38.1 Å². The van der Waals surface area contributed by atoms with Crippen LogP contribution in [-0.2, 0) is 31.0 Å². The van der Waals surface area contributed by atoms with Gasteiger partial charge in [-0.1, -0.05) is 86.1 Å². The van der Waals surface area contributed by atoms with Crippen LogP contribution in [0.1, 0.15) is 60.5 Å². The highest BCUT2D eigenvalue weighted by molar-refractivity contribution is 6.01. The molecule has 0 spiro atoms. The van der Waals surface area contributed by atoms with Crippen molar-refractivity contribution in [3.63, 3.8) is 0 Å². The molecule has 0 radical (unpaired) electrons. The van der Waals surface area contributed by atoms with Crippen LogP contribution in [0.25, 0.3) is 0 Å². The molecule has 0 aliphatic carbocycles. The van der Waals surface area contributed by atoms with Gasteiger partial charge in [-0.2, -0.15) is 0 Å². The highest BCUT2D eigenvalue weighted by atomic mass is 16.5. The van der Waals surface area contributed by atoms with Crippen molar-refractivity contribution in [1.29, 1.82) is 0 Å². The summed E-state index contributed by atoms with van der Waals surface area (Å²) in [5.74, 6) is -1.40. The third-order valence-corrected chi connectivity index (χ3v) is 9.21. The molecule has 254 valence electrons. The monoisotopic (exact) mass is 654 g/mol. The largest absolute Gasteiger partial charge is 0.491 e. The molecule has 3 aromatic rings. The van der Waals surface area contributed by atoms with Crippen molar-refractivity contribution >= 4 is 23.6 Å². The molecular weight excluding hydrogens is 608 g/mol. The average molecular weight is 655 g/mol. The van der Waals surface area contributed by atoms with E-state index in [9.17, 15) is 19.2 Å². The zero-order valence-corrected chi connectivity index (χ0v) is 27.6. The fourth-order valence-electron chi connectivity index (χ4n) is 6.38. The number of nitrogens with zero attached hydrogens (tertiary/aromatic N) is 1. The summed E-state index contributed by atoms with van der Waals surface area (Å²) in [6.07, 6.45) is 3.04. The number of carbonyl (C=O) groups excluding carboxylic acids is 4. The van der Waals surface area contributed by atoms with E-state index in [0.29, 0.717) is 32.1 Å². The number of ether oxygens (including phenoxy) is 2. The summed E-state index contributed by atoms with van der Waals surface area (Å²) in [5.41, 5.74) is 1.88. The van der Waals surface area contributed by atoms with Gasteiger partial charge in [0.05, 0.1) is 18.5 Å². The van der Waals surface area contributed by atoms with Gasteiger partial charge in [0.2, 0.25) is 17.7 Å². The zero-order chi connectivity index (χ0) is 33.8. The van der Waals surface area contributed by atoms with Crippen LogP contribution >= 0.6 is 0 Å². The second kappa shape index (κ2) is 16.9. The molecule has 10 nitrogen and oxygen atoms in total. The van der Waals surface area contributed by atoms with Gasteiger partial charge in [0.1, 0.15) is 24.4 Å². The number of amides is 4. The van der Waals surface area contributed by atoms with Crippen molar-refractivity contribution in [1.82, 2.24) is 20.9 Å². The molecule has 1 saturated heterocycles. The maximum atomic E-state index is 14.0. The molecular formula is C38H46N4O6. The molecule has 2 atom stereocenters. The first-order chi connectivity index (χ1) is 23.4. The molecule has 5 rings (SSSR count). The predicted octanol–water partition coefficient (Wildman–Crippen LogP) is 3.79. The molecule has 4 amide bonds. The molecule has 0 bridgehead atoms. The number of fused-ring (bicyclic) bond motifs is 1. The summed E-state index contributed by atoms with van der Waals surface area (Å²) in [6, 6.07) is 24.2. The van der Waals surface area contributed by atoms with Crippen LogP contribution in [-0.4, -0.2) is 80.1 Å². The minimum absolute atomic E-state index is 0.154. The van der Waals surface area contributed by atoms with E-state index in [1.54, 1.807) is 29.2 Å². The third-order valence-electron chi connectivity index (χ3n) is 9.21. The van der Waals surface area contributed by atoms with Gasteiger partial charge >= 0.3 is 0 Å². The van der Waals surface area contributed by atoms with Gasteiger partial charge in [-0.15, -0.1) is 0 Å². The molecule has 2 aliphatic rings. The summed E-state index contributed by atoms with van der Waals surface area (Å²) in [5, 5.41) is 8.77. The molecule has 1 fully saturated rings. The maximum Gasteiger partial charge on any atom is 0.255 e. The van der Waals surface area contributed by atoms with E-state index in [0.717, 1.165) is 36.8 Å². The van der Waals surface area contributed by atoms with Crippen molar-refractivity contribution in [3.05, 3.63) is 102 Å². The minimum atomic E-state index is -1.20. The van der Waals surface area contributed by atoms with E-state index in [2.05, 4.69) is 35.0 Å². The van der Waals surface area contributed by atoms with E-state index in [1.165, 1.54) is 0 Å². The Morgan fingerprint density at radius 3 is 2.31 bits per heavy atom. The Hall–Kier alpha value is -4.70. The molecule has 2 heterocycles. The first-order valence-electron chi connectivity index (χ1n) is 16.9. The molecule has 0 unspecified atom stereocenters. The third kappa shape index (κ3) is 9.01. The number of nitrogens with one attached hydrogen (secondary N) is 3. The first-order valence-corrected chi connectivity index (χ1v) is 16.9. The van der Waals surface area contributed by atoms with Gasteiger partial charge in [-0.25, -0.2) is 0 Å². The lowest BCUT2D eigenvalue weighted by molar-refractivity contribution is -0.137. The Morgan fingerprint density at radius 1 is 0.896 bits per heavy atom. The van der Waals surface area contributed by atoms with Crippen LogP contribution in [0, 0.1) is 0 Å². The summed E-state index contributed by atoms with van der Waals surface area (Å²) in [7, 11) is 0. The summed E-state index contributed by atoms with van der Waals surface area (Å²) in [4.78, 5) is 57.1. The lowest BCUT2D eigenvalue weighted by atomic mass is 9.74. The predicted molar refractivity (Wildman–Crippen MR) is 183 cm³/mol. The normalized spacial score (nSPS) is 20.4. The summed E-state index contributed by atoms with van der Waals surface area (Å²) < 4.78 is 11.7. The van der Waals surface area contributed by atoms with E-state index in [1.807, 2.05) is 48.5 Å². The van der Waals surface area contributed by atoms with E-state index >= 15 is 0 Å². The van der Waals surface area contributed by atoms with Crippen LogP contribution in [0.3, 0.4) is 0 Å². The summed E-state index contributed by atoms with van der Waals surface area (Å²) in [6.45, 7) is 4.44. The molecule has 48 heavy (non-hydrogen) atoms. The van der Waals surface area contributed by atoms with Crippen LogP contribution in [0.2, 0.25) is 0 Å². The van der Waals surface area contributed by atoms with Gasteiger partial charge < -0.3 is 30.3 Å². The van der Waals surface area contributed by atoms with Crippen molar-refractivity contribution in [2.24, 2.45) is 0 Å². The number of hydrogen-bond donors (Lipinski definition) is 3. The van der Waals surface area contributed by atoms with Crippen molar-refractivity contribution in [2.75, 3.05) is 39.5 Å². The average Bonchev–Trinajstić information content (AvgIpc) is 3.12. The fourth-order valence-corrected chi connectivity index (χ4v) is 6.38. The van der Waals surface area contributed by atoms with E-state index in [4.69, 9.17) is 9.47 Å². The molecule has 2 aliphatic heterocycles. The first kappa shape index (κ1) is 34.6. The highest BCUT2D eigenvalue weighted by Gasteiger charge is 2.36. The Morgan fingerprint density at radius 2 is 1.58 bits per heavy atom. The van der Waals surface area contributed by atoms with Crippen LogP contribution in [0.15, 0.2) is 84.9 Å². The van der Waals surface area contributed by atoms with Gasteiger partial charge in [0.25, 0.3) is 5.91 Å². The maximum absolute atomic E-state index is 14.0. The molecule has 3 aromatic carbocycles. The Balaban J connectivity index is 1.42. The second-order valence-corrected chi connectivity index (χ2v) is 12.5. The number of carbonyl (C=O) groups is 4. The van der Waals surface area contributed by atoms with Crippen molar-refractivity contribution in [2.45, 2.75) is 62.9 Å². The quantitative estimate of drug-likeness (QED) is 0.323. The Bertz CT molecular complexity index is 1530. The van der Waals surface area contributed by atoms with Gasteiger partial charge in [0.15, 0.2) is 0 Å². The number of benzene rings is 3. The Kier molecular flexibility index (Phi) is 12.2. The highest BCUT2D eigenvalue weighted by Crippen LogP contribution is 2.34. The summed E-state index contributed by atoms with van der Waals surface area (Å²) >= 11 is 0. The van der Waals surface area contributed by atoms with Crippen molar-refractivity contribution in [3.8, 4) is 5.75 Å². The van der Waals surface area contributed by atoms with Crippen LogP contribution < -0.4 is 20.7 Å². The molecule has 3 N–H and O–H groups in total. The standard InChI is InChI=1S/C38H46N4O6/c1-2-3-20-42-21-24-48-33-17-11-10-16-30(33)35(44)41-31(26-34(43)40-32(37(42)46)25-28-12-6-4-7-13-28)36(45)39-27-38(18-22-47-23-19-38)29-14-8-5-9-15-29/h4-17,31-32H,2-3,18-27H2,1H3,(H,39,45)(H,40,43)(H,41,44)/t31-,32-/m0/s1. The van der Waals surface area contributed by atoms with Crippen LogP contribution in [0.5, 0.6) is 5.75 Å². The van der Waals surface area contributed by atoms with Gasteiger partial charge in [-0.3, -0.25) is 19.2 Å². The van der Waals surface area contributed by atoms with E-state index in [-0.39, 0.29) is 42.9 Å². The number of unbranched alkanes of at least 4 members (excludes halogenated alkanes) is 1. The van der Waals surface area contributed by atoms with E-state index < -0.39 is 29.8 Å². The zero-order valence-electron chi connectivity index (χ0n) is 27.6. The lowest BCUT2D eigenvalue weighted by Gasteiger charge is -2.38. The SMILES string of the molecule is CCCCN1CCOc2ccccc2C(=O)N[C@H](C(=O)NCC2(c3ccccc3)CCOCC2)CC(=O)N[C@@H](Cc2ccccc2)C1=O. The number of para-hydroxylation sites is 1. The fraction of sp³-hybridized carbons (Fsp3) is 0.421. The second-order valence-electron chi connectivity index (χ2n) is 12.5. The lowest BCUT2D eigenvalue weighted by Crippen LogP contribution is -2.55. The molecule has 10 heteroatoms. The minimum Gasteiger partial charge on any atom is -0.491 e. The van der Waals surface area contributed by atoms with Gasteiger partial charge in [-0.05, 0) is 42.5 Å². The Labute approximate surface area is 282 Å². The number of hydrogen-bond acceptors (Lipinski definition) is 6. The van der Waals surface area contributed by atoms with Crippen LogP contribution in [0.4, 0.5) is 0 Å². The smallest absolute Gasteiger partial charge is 0.255 e. The van der Waals surface area contributed by atoms with Crippen molar-refractivity contribution < 1.29 is 28.7 Å². The topological polar surface area (TPSA) is 126 Å².